The fourth-order valence-corrected chi connectivity index (χ4v) is 3.20. The van der Waals surface area contributed by atoms with Crippen LogP contribution < -0.4 is 10.3 Å². The molecule has 4 nitrogen and oxygen atoms in total. The number of hydrogen-bond donors (Lipinski definition) is 2. The Balaban J connectivity index is 1.84. The average molecular weight is 360 g/mol. The number of anilines is 1. The highest BCUT2D eigenvalue weighted by Crippen LogP contribution is 2.35. The molecule has 0 fully saturated rings. The van der Waals surface area contributed by atoms with Gasteiger partial charge in [-0.05, 0) is 37.3 Å². The van der Waals surface area contributed by atoms with E-state index in [1.165, 1.54) is 12.1 Å². The van der Waals surface area contributed by atoms with Gasteiger partial charge in [-0.15, -0.1) is 0 Å². The summed E-state index contributed by atoms with van der Waals surface area (Å²) in [4.78, 5) is 7.57. The van der Waals surface area contributed by atoms with Gasteiger partial charge in [0, 0.05) is 28.8 Å². The van der Waals surface area contributed by atoms with Crippen LogP contribution in [-0.2, 0) is 0 Å². The van der Waals surface area contributed by atoms with E-state index < -0.39 is 0 Å². The number of H-pyrrole nitrogens is 1. The van der Waals surface area contributed by atoms with Gasteiger partial charge in [-0.1, -0.05) is 30.3 Å². The molecule has 27 heavy (non-hydrogen) atoms. The fraction of sp³-hybridized carbons (Fsp3) is 0.0909. The number of phenolic OH excluding ortho intramolecular Hbond substituents is 1. The minimum absolute atomic E-state index is 0.113. The maximum absolute atomic E-state index is 13.4. The van der Waals surface area contributed by atoms with Crippen molar-refractivity contribution >= 4 is 16.7 Å². The van der Waals surface area contributed by atoms with Crippen LogP contribution in [0.1, 0.15) is 22.9 Å². The third kappa shape index (κ3) is 3.44. The lowest BCUT2D eigenvalue weighted by Gasteiger charge is -2.17. The predicted octanol–water partition coefficient (Wildman–Crippen LogP) is 4.40. The van der Waals surface area contributed by atoms with Crippen molar-refractivity contribution in [3.05, 3.63) is 95.6 Å². The van der Waals surface area contributed by atoms with Crippen LogP contribution in [0.3, 0.4) is 0 Å². The second kappa shape index (κ2) is 7.03. The van der Waals surface area contributed by atoms with Crippen molar-refractivity contribution in [1.82, 2.24) is 4.98 Å². The van der Waals surface area contributed by atoms with Crippen molar-refractivity contribution in [2.45, 2.75) is 13.0 Å². The molecule has 3 N–H and O–H groups in total. The van der Waals surface area contributed by atoms with Gasteiger partial charge in [-0.2, -0.15) is 0 Å². The molecular weight excluding hydrogens is 341 g/mol. The summed E-state index contributed by atoms with van der Waals surface area (Å²) in [6.45, 7) is 1.97. The first-order valence-electron chi connectivity index (χ1n) is 8.69. The quantitative estimate of drug-likeness (QED) is 0.567. The van der Waals surface area contributed by atoms with E-state index in [-0.39, 0.29) is 17.6 Å². The summed E-state index contributed by atoms with van der Waals surface area (Å²) in [7, 11) is 0. The van der Waals surface area contributed by atoms with Gasteiger partial charge in [0.15, 0.2) is 0 Å². The number of rotatable bonds is 4. The summed E-state index contributed by atoms with van der Waals surface area (Å²) >= 11 is 0. The SMILES string of the molecule is Cc1cccc(N[C@@H](c2ccc(F)cc2)c2ccc3cccnc3c2O)[nH+]1. The molecule has 4 aromatic rings. The largest absolute Gasteiger partial charge is 0.505 e. The third-order valence-corrected chi connectivity index (χ3v) is 4.53. The summed E-state index contributed by atoms with van der Waals surface area (Å²) < 4.78 is 13.4. The van der Waals surface area contributed by atoms with E-state index in [1.807, 2.05) is 49.4 Å². The van der Waals surface area contributed by atoms with Gasteiger partial charge in [0.2, 0.25) is 0 Å². The fourth-order valence-electron chi connectivity index (χ4n) is 3.20. The van der Waals surface area contributed by atoms with Gasteiger partial charge >= 0.3 is 0 Å². The number of aromatic nitrogens is 2. The lowest BCUT2D eigenvalue weighted by molar-refractivity contribution is -0.371. The van der Waals surface area contributed by atoms with Crippen LogP contribution in [0.4, 0.5) is 10.2 Å². The monoisotopic (exact) mass is 360 g/mol. The van der Waals surface area contributed by atoms with Crippen LogP contribution in [0.15, 0.2) is 72.9 Å². The molecule has 2 heterocycles. The summed E-state index contributed by atoms with van der Waals surface area (Å²) in [6.07, 6.45) is 1.65. The Morgan fingerprint density at radius 1 is 1.00 bits per heavy atom. The Kier molecular flexibility index (Phi) is 4.42. The van der Waals surface area contributed by atoms with Gasteiger partial charge in [-0.25, -0.2) is 9.37 Å². The van der Waals surface area contributed by atoms with Crippen molar-refractivity contribution in [1.29, 1.82) is 0 Å². The molecule has 0 bridgehead atoms. The number of halogens is 1. The molecule has 134 valence electrons. The predicted molar refractivity (Wildman–Crippen MR) is 103 cm³/mol. The molecule has 1 atom stereocenters. The number of phenols is 1. The summed E-state index contributed by atoms with van der Waals surface area (Å²) in [5, 5.41) is 15.2. The molecule has 5 heteroatoms. The van der Waals surface area contributed by atoms with Crippen LogP contribution >= 0.6 is 0 Å². The second-order valence-electron chi connectivity index (χ2n) is 6.45. The van der Waals surface area contributed by atoms with Gasteiger partial charge in [0.25, 0.3) is 5.82 Å². The molecule has 2 aromatic heterocycles. The number of nitrogens with zero attached hydrogens (tertiary/aromatic N) is 1. The first kappa shape index (κ1) is 17.0. The minimum Gasteiger partial charge on any atom is -0.505 e. The van der Waals surface area contributed by atoms with Gasteiger partial charge in [0.1, 0.15) is 23.1 Å². The standard InChI is InChI=1S/C22H18FN3O/c1-14-4-2-6-19(25-14)26-20(16-7-10-17(23)11-8-16)18-12-9-15-5-3-13-24-21(15)22(18)27/h2-13,20,27H,1H3,(H,25,26)/p+1/t20-/m0/s1. The van der Waals surface area contributed by atoms with E-state index in [4.69, 9.17) is 0 Å². The van der Waals surface area contributed by atoms with Crippen LogP contribution in [-0.4, -0.2) is 10.1 Å². The highest BCUT2D eigenvalue weighted by Gasteiger charge is 2.24. The van der Waals surface area contributed by atoms with Crippen LogP contribution in [0.25, 0.3) is 10.9 Å². The molecule has 0 aliphatic carbocycles. The first-order valence-corrected chi connectivity index (χ1v) is 8.69. The number of aromatic hydroxyl groups is 1. The van der Waals surface area contributed by atoms with Crippen molar-refractivity contribution in [3.63, 3.8) is 0 Å². The Bertz CT molecular complexity index is 1100. The lowest BCUT2D eigenvalue weighted by Crippen LogP contribution is -2.20. The van der Waals surface area contributed by atoms with Crippen molar-refractivity contribution in [2.75, 3.05) is 5.32 Å². The number of benzene rings is 2. The van der Waals surface area contributed by atoms with E-state index in [2.05, 4.69) is 15.3 Å². The molecule has 0 saturated heterocycles. The average Bonchev–Trinajstić information content (AvgIpc) is 2.68. The topological polar surface area (TPSA) is 59.3 Å². The number of pyridine rings is 2. The van der Waals surface area contributed by atoms with Crippen LogP contribution in [0.2, 0.25) is 0 Å². The summed E-state index contributed by atoms with van der Waals surface area (Å²) in [5.74, 6) is 0.608. The Labute approximate surface area is 156 Å². The zero-order valence-electron chi connectivity index (χ0n) is 14.8. The number of nitrogens with one attached hydrogen (secondary N) is 2. The van der Waals surface area contributed by atoms with Gasteiger partial charge in [0.05, 0.1) is 5.69 Å². The number of hydrogen-bond acceptors (Lipinski definition) is 3. The lowest BCUT2D eigenvalue weighted by atomic mass is 9.96. The zero-order chi connectivity index (χ0) is 18.8. The molecule has 0 saturated carbocycles. The molecule has 0 aliphatic heterocycles. The first-order chi connectivity index (χ1) is 13.1. The number of fused-ring (bicyclic) bond motifs is 1. The van der Waals surface area contributed by atoms with E-state index in [0.29, 0.717) is 11.1 Å². The maximum atomic E-state index is 13.4. The number of aryl methyl sites for hydroxylation is 1. The molecule has 0 spiro atoms. The molecule has 2 aromatic carbocycles. The Morgan fingerprint density at radius 2 is 1.81 bits per heavy atom. The normalized spacial score (nSPS) is 12.1. The maximum Gasteiger partial charge on any atom is 0.273 e. The van der Waals surface area contributed by atoms with Crippen LogP contribution in [0.5, 0.6) is 5.75 Å². The zero-order valence-corrected chi connectivity index (χ0v) is 14.8. The molecule has 0 radical (unpaired) electrons. The van der Waals surface area contributed by atoms with Crippen molar-refractivity contribution in [2.24, 2.45) is 0 Å². The molecule has 0 aliphatic rings. The van der Waals surface area contributed by atoms with Gasteiger partial charge in [-0.3, -0.25) is 10.3 Å². The van der Waals surface area contributed by atoms with E-state index in [1.54, 1.807) is 18.3 Å². The highest BCUT2D eigenvalue weighted by atomic mass is 19.1. The van der Waals surface area contributed by atoms with Crippen molar-refractivity contribution < 1.29 is 14.5 Å². The molecule has 4 rings (SSSR count). The van der Waals surface area contributed by atoms with E-state index >= 15 is 0 Å². The van der Waals surface area contributed by atoms with E-state index in [9.17, 15) is 9.50 Å². The highest BCUT2D eigenvalue weighted by molar-refractivity contribution is 5.85. The van der Waals surface area contributed by atoms with Gasteiger partial charge < -0.3 is 5.11 Å². The van der Waals surface area contributed by atoms with Crippen molar-refractivity contribution in [3.8, 4) is 5.75 Å². The van der Waals surface area contributed by atoms with E-state index in [0.717, 1.165) is 22.5 Å². The molecular formula is C22H19FN3O+. The van der Waals surface area contributed by atoms with Crippen LogP contribution in [0, 0.1) is 12.7 Å². The summed E-state index contributed by atoms with van der Waals surface area (Å²) in [5.41, 5.74) is 3.04. The second-order valence-corrected chi connectivity index (χ2v) is 6.45. The Morgan fingerprint density at radius 3 is 2.59 bits per heavy atom. The molecule has 0 amide bonds. The summed E-state index contributed by atoms with van der Waals surface area (Å²) in [6, 6.07) is 19.2. The smallest absolute Gasteiger partial charge is 0.273 e. The Hall–Kier alpha value is -3.47. The molecule has 0 unspecified atom stereocenters. The minimum atomic E-state index is -0.380. The third-order valence-electron chi connectivity index (χ3n) is 4.53. The number of aromatic amines is 1.